The molecule has 0 aliphatic rings. The molecule has 1 aromatic rings. The van der Waals surface area contributed by atoms with Gasteiger partial charge in [-0.05, 0) is 24.1 Å². The van der Waals surface area contributed by atoms with E-state index in [1.165, 1.54) is 0 Å². The van der Waals surface area contributed by atoms with Crippen LogP contribution in [-0.4, -0.2) is 53.1 Å². The van der Waals surface area contributed by atoms with E-state index in [0.29, 0.717) is 5.69 Å². The maximum absolute atomic E-state index is 12.4. The zero-order chi connectivity index (χ0) is 17.5. The molecule has 5 nitrogen and oxygen atoms in total. The number of anilines is 1. The van der Waals surface area contributed by atoms with Gasteiger partial charge in [-0.1, -0.05) is 19.1 Å². The smallest absolute Gasteiger partial charge is 0.390 e. The number of halogens is 3. The molecule has 0 spiro atoms. The normalized spacial score (nSPS) is 12.8. The van der Waals surface area contributed by atoms with E-state index in [-0.39, 0.29) is 6.54 Å². The second-order valence-corrected chi connectivity index (χ2v) is 5.13. The maximum Gasteiger partial charge on any atom is 0.390 e. The Morgan fingerprint density at radius 1 is 1.39 bits per heavy atom. The van der Waals surface area contributed by atoms with Crippen LogP contribution in [0.1, 0.15) is 18.9 Å². The molecule has 1 atom stereocenters. The monoisotopic (exact) mass is 334 g/mol. The molecule has 0 radical (unpaired) electrons. The van der Waals surface area contributed by atoms with Gasteiger partial charge in [-0.25, -0.2) is 4.79 Å². The molecule has 8 heteroatoms. The molecule has 1 rings (SSSR count). The molecule has 0 heterocycles. The summed E-state index contributed by atoms with van der Waals surface area (Å²) >= 11 is 0. The Morgan fingerprint density at radius 2 is 2.09 bits per heavy atom. The van der Waals surface area contributed by atoms with Crippen LogP contribution in [0.5, 0.6) is 0 Å². The highest BCUT2D eigenvalue weighted by atomic mass is 19.4. The zero-order valence-corrected chi connectivity index (χ0v) is 12.8. The Kier molecular flexibility index (Phi) is 7.31. The summed E-state index contributed by atoms with van der Waals surface area (Å²) in [6.07, 6.45) is -6.14. The molecule has 0 aliphatic heterocycles. The average Bonchev–Trinajstić information content (AvgIpc) is 2.50. The molecule has 0 bridgehead atoms. The highest BCUT2D eigenvalue weighted by molar-refractivity contribution is 5.89. The number of rotatable bonds is 7. The van der Waals surface area contributed by atoms with Crippen molar-refractivity contribution >= 4 is 11.7 Å². The average molecular weight is 334 g/mol. The molecule has 23 heavy (non-hydrogen) atoms. The van der Waals surface area contributed by atoms with Crippen LogP contribution in [0.25, 0.3) is 0 Å². The van der Waals surface area contributed by atoms with Gasteiger partial charge < -0.3 is 20.4 Å². The van der Waals surface area contributed by atoms with E-state index >= 15 is 0 Å². The summed E-state index contributed by atoms with van der Waals surface area (Å²) in [5.74, 6) is 0. The third-order valence-corrected chi connectivity index (χ3v) is 3.18. The van der Waals surface area contributed by atoms with Gasteiger partial charge in [0.1, 0.15) is 0 Å². The van der Waals surface area contributed by atoms with Gasteiger partial charge in [0.25, 0.3) is 0 Å². The number of aliphatic hydroxyl groups is 2. The lowest BCUT2D eigenvalue weighted by Crippen LogP contribution is -2.43. The molecule has 0 saturated heterocycles. The van der Waals surface area contributed by atoms with E-state index < -0.39 is 37.9 Å². The molecular weight excluding hydrogens is 313 g/mol. The van der Waals surface area contributed by atoms with Crippen LogP contribution in [0.15, 0.2) is 24.3 Å². The van der Waals surface area contributed by atoms with Gasteiger partial charge in [-0.15, -0.1) is 0 Å². The molecule has 3 N–H and O–H groups in total. The minimum absolute atomic E-state index is 0.383. The minimum atomic E-state index is -4.41. The fraction of sp³-hybridized carbons (Fsp3) is 0.533. The molecular formula is C15H21F3N2O3. The Hall–Kier alpha value is -1.80. The van der Waals surface area contributed by atoms with Crippen LogP contribution in [0.4, 0.5) is 23.7 Å². The highest BCUT2D eigenvalue weighted by Crippen LogP contribution is 2.20. The van der Waals surface area contributed by atoms with Crippen molar-refractivity contribution in [1.82, 2.24) is 4.90 Å². The predicted octanol–water partition coefficient (Wildman–Crippen LogP) is 2.39. The first-order valence-corrected chi connectivity index (χ1v) is 7.25. The Balaban J connectivity index is 2.76. The largest absolute Gasteiger partial charge is 0.394 e. The quantitative estimate of drug-likeness (QED) is 0.717. The van der Waals surface area contributed by atoms with Crippen LogP contribution in [0.2, 0.25) is 0 Å². The van der Waals surface area contributed by atoms with E-state index in [1.807, 2.05) is 13.0 Å². The molecule has 1 aromatic carbocycles. The lowest BCUT2D eigenvalue weighted by Gasteiger charge is -2.25. The molecule has 2 amide bonds. The summed E-state index contributed by atoms with van der Waals surface area (Å²) < 4.78 is 37.1. The molecule has 0 fully saturated rings. The van der Waals surface area contributed by atoms with E-state index in [0.717, 1.165) is 16.9 Å². The summed E-state index contributed by atoms with van der Waals surface area (Å²) in [5, 5.41) is 20.7. The molecule has 0 aliphatic carbocycles. The fourth-order valence-corrected chi connectivity index (χ4v) is 1.92. The lowest BCUT2D eigenvalue weighted by atomic mass is 10.1. The second kappa shape index (κ2) is 8.73. The predicted molar refractivity (Wildman–Crippen MR) is 80.2 cm³/mol. The first-order chi connectivity index (χ1) is 10.7. The summed E-state index contributed by atoms with van der Waals surface area (Å²) in [5.41, 5.74) is 1.44. The van der Waals surface area contributed by atoms with Gasteiger partial charge in [0.2, 0.25) is 0 Å². The van der Waals surface area contributed by atoms with Crippen molar-refractivity contribution in [2.24, 2.45) is 0 Å². The van der Waals surface area contributed by atoms with Crippen molar-refractivity contribution in [1.29, 1.82) is 0 Å². The van der Waals surface area contributed by atoms with E-state index in [9.17, 15) is 23.1 Å². The van der Waals surface area contributed by atoms with Gasteiger partial charge in [0.15, 0.2) is 0 Å². The summed E-state index contributed by atoms with van der Waals surface area (Å²) in [7, 11) is 0. The van der Waals surface area contributed by atoms with Gasteiger partial charge in [0, 0.05) is 12.2 Å². The number of amides is 2. The number of nitrogens with one attached hydrogen (secondary N) is 1. The minimum Gasteiger partial charge on any atom is -0.394 e. The molecule has 0 unspecified atom stereocenters. The van der Waals surface area contributed by atoms with Crippen molar-refractivity contribution in [2.75, 3.05) is 25.0 Å². The maximum atomic E-state index is 12.4. The number of hydrogen-bond acceptors (Lipinski definition) is 3. The van der Waals surface area contributed by atoms with Crippen LogP contribution in [-0.2, 0) is 6.42 Å². The van der Waals surface area contributed by atoms with Crippen molar-refractivity contribution < 1.29 is 28.2 Å². The van der Waals surface area contributed by atoms with Crippen LogP contribution in [0.3, 0.4) is 0 Å². The van der Waals surface area contributed by atoms with E-state index in [2.05, 4.69) is 5.32 Å². The number of carbonyl (C=O) groups excluding carboxylic acids is 1. The van der Waals surface area contributed by atoms with Crippen molar-refractivity contribution in [2.45, 2.75) is 32.0 Å². The first kappa shape index (κ1) is 19.2. The second-order valence-electron chi connectivity index (χ2n) is 5.13. The fourth-order valence-electron chi connectivity index (χ4n) is 1.92. The molecule has 0 aromatic heterocycles. The van der Waals surface area contributed by atoms with Gasteiger partial charge >= 0.3 is 12.2 Å². The third kappa shape index (κ3) is 7.34. The third-order valence-electron chi connectivity index (χ3n) is 3.18. The molecule has 0 saturated carbocycles. The summed E-state index contributed by atoms with van der Waals surface area (Å²) in [4.78, 5) is 13.0. The Labute approximate surface area is 132 Å². The number of urea groups is 1. The Morgan fingerprint density at radius 3 is 2.65 bits per heavy atom. The van der Waals surface area contributed by atoms with Crippen molar-refractivity contribution in [3.8, 4) is 0 Å². The van der Waals surface area contributed by atoms with Gasteiger partial charge in [-0.2, -0.15) is 13.2 Å². The number of carbonyl (C=O) groups is 1. The first-order valence-electron chi connectivity index (χ1n) is 7.25. The Bertz CT molecular complexity index is 509. The van der Waals surface area contributed by atoms with Gasteiger partial charge in [-0.3, -0.25) is 0 Å². The van der Waals surface area contributed by atoms with Crippen molar-refractivity contribution in [3.05, 3.63) is 29.8 Å². The zero-order valence-electron chi connectivity index (χ0n) is 12.8. The number of nitrogens with zero attached hydrogens (tertiary/aromatic N) is 1. The topological polar surface area (TPSA) is 72.8 Å². The summed E-state index contributed by atoms with van der Waals surface area (Å²) in [6, 6.07) is 6.20. The lowest BCUT2D eigenvalue weighted by molar-refractivity contribution is -0.137. The number of aliphatic hydroxyl groups excluding tert-OH is 2. The van der Waals surface area contributed by atoms with E-state index in [4.69, 9.17) is 5.11 Å². The standard InChI is InChI=1S/C15H21F3N2O3/c1-2-11-4-3-5-12(8-11)19-14(23)20(9-13(22)10-21)7-6-15(16,17)18/h3-5,8,13,21-22H,2,6-7,9-10H2,1H3,(H,19,23)/t13-/m0/s1. The summed E-state index contributed by atoms with van der Waals surface area (Å²) in [6.45, 7) is 0.320. The van der Waals surface area contributed by atoms with Gasteiger partial charge in [0.05, 0.1) is 25.7 Å². The van der Waals surface area contributed by atoms with Crippen LogP contribution < -0.4 is 5.32 Å². The van der Waals surface area contributed by atoms with Crippen LogP contribution in [0, 0.1) is 0 Å². The number of benzene rings is 1. The van der Waals surface area contributed by atoms with E-state index in [1.54, 1.807) is 18.2 Å². The SMILES string of the molecule is CCc1cccc(NC(=O)N(CCC(F)(F)F)C[C@H](O)CO)c1. The number of hydrogen-bond donors (Lipinski definition) is 3. The molecule has 130 valence electrons. The number of aryl methyl sites for hydroxylation is 1. The van der Waals surface area contributed by atoms with Crippen molar-refractivity contribution in [3.63, 3.8) is 0 Å². The van der Waals surface area contributed by atoms with Crippen LogP contribution >= 0.6 is 0 Å². The number of alkyl halides is 3. The highest BCUT2D eigenvalue weighted by Gasteiger charge is 2.29.